The zero-order chi connectivity index (χ0) is 21.2. The van der Waals surface area contributed by atoms with Crippen LogP contribution in [0.1, 0.15) is 22.7 Å². The average Bonchev–Trinajstić information content (AvgIpc) is 2.63. The Balaban J connectivity index is 0.00000240. The maximum Gasteiger partial charge on any atom is 0.573 e. The molecule has 0 radical (unpaired) electrons. The van der Waals surface area contributed by atoms with Crippen molar-refractivity contribution in [2.24, 2.45) is 0 Å². The summed E-state index contributed by atoms with van der Waals surface area (Å²) in [6.07, 6.45) is -9.44. The molecule has 0 aliphatic carbocycles. The summed E-state index contributed by atoms with van der Waals surface area (Å²) in [4.78, 5) is 1.97. The molecule has 1 atom stereocenters. The molecule has 0 aromatic heterocycles. The first-order valence-corrected chi connectivity index (χ1v) is 9.09. The maximum absolute atomic E-state index is 13.3. The minimum absolute atomic E-state index is 0. The minimum Gasteiger partial charge on any atom is -0.406 e. The van der Waals surface area contributed by atoms with Crippen LogP contribution in [0.3, 0.4) is 0 Å². The lowest BCUT2D eigenvalue weighted by Crippen LogP contribution is -2.45. The van der Waals surface area contributed by atoms with E-state index in [0.29, 0.717) is 37.3 Å². The highest BCUT2D eigenvalue weighted by Gasteiger charge is 2.35. The molecule has 0 unspecified atom stereocenters. The largest absolute Gasteiger partial charge is 0.573 e. The van der Waals surface area contributed by atoms with Gasteiger partial charge in [0.15, 0.2) is 0 Å². The van der Waals surface area contributed by atoms with Crippen LogP contribution < -0.4 is 10.1 Å². The van der Waals surface area contributed by atoms with Crippen LogP contribution >= 0.6 is 36.4 Å². The van der Waals surface area contributed by atoms with Gasteiger partial charge in [0.25, 0.3) is 0 Å². The molecule has 3 rings (SSSR count). The number of hydrogen-bond donors (Lipinski definition) is 1. The number of hydrogen-bond acceptors (Lipinski definition) is 3. The smallest absolute Gasteiger partial charge is 0.406 e. The predicted molar refractivity (Wildman–Crippen MR) is 110 cm³/mol. The number of ether oxygens (including phenoxy) is 1. The molecule has 0 saturated carbocycles. The summed E-state index contributed by atoms with van der Waals surface area (Å²) >= 11 is 5.73. The lowest BCUT2D eigenvalue weighted by atomic mass is 9.94. The van der Waals surface area contributed by atoms with Gasteiger partial charge >= 0.3 is 12.5 Å². The monoisotopic (exact) mass is 510 g/mol. The van der Waals surface area contributed by atoms with Crippen LogP contribution in [0.25, 0.3) is 0 Å². The summed E-state index contributed by atoms with van der Waals surface area (Å²) in [7, 11) is 0. The number of halogens is 9. The summed E-state index contributed by atoms with van der Waals surface area (Å²) in [5, 5.41) is 2.76. The molecule has 1 heterocycles. The van der Waals surface area contributed by atoms with Crippen molar-refractivity contribution in [3.63, 3.8) is 0 Å². The third-order valence-corrected chi connectivity index (χ3v) is 4.89. The van der Waals surface area contributed by atoms with E-state index < -0.39 is 34.9 Å². The highest BCUT2D eigenvalue weighted by Crippen LogP contribution is 2.39. The molecule has 1 saturated heterocycles. The molecule has 2 aromatic carbocycles. The fraction of sp³-hybridized carbons (Fsp3) is 0.368. The second kappa shape index (κ2) is 11.0. The molecule has 1 aliphatic heterocycles. The van der Waals surface area contributed by atoms with Crippen molar-refractivity contribution in [2.75, 3.05) is 26.2 Å². The maximum atomic E-state index is 13.3. The first-order valence-electron chi connectivity index (χ1n) is 8.72. The Kier molecular flexibility index (Phi) is 9.77. The molecule has 12 heteroatoms. The van der Waals surface area contributed by atoms with Crippen LogP contribution in [-0.2, 0) is 6.18 Å². The van der Waals surface area contributed by atoms with Crippen molar-refractivity contribution in [1.29, 1.82) is 0 Å². The fourth-order valence-electron chi connectivity index (χ4n) is 3.34. The number of alkyl halides is 6. The summed E-state index contributed by atoms with van der Waals surface area (Å²) < 4.78 is 81.0. The van der Waals surface area contributed by atoms with Gasteiger partial charge in [0.05, 0.1) is 16.6 Å². The molecule has 31 heavy (non-hydrogen) atoms. The van der Waals surface area contributed by atoms with Gasteiger partial charge in [-0.25, -0.2) is 0 Å². The molecule has 1 aliphatic rings. The van der Waals surface area contributed by atoms with Gasteiger partial charge in [0.2, 0.25) is 0 Å². The number of piperazine rings is 1. The highest BCUT2D eigenvalue weighted by atomic mass is 35.5. The third-order valence-electron chi connectivity index (χ3n) is 4.56. The summed E-state index contributed by atoms with van der Waals surface area (Å²) in [5.74, 6) is -0.396. The standard InChI is InChI=1S/C19H17ClF6N2O.2ClH/c20-16-6-3-13(11-15(16)18(21,22)23)17(28-9-7-27-8-10-28)12-1-4-14(5-2-12)29-19(24,25)26;;/h1-6,11,17,27H,7-10H2;2*1H/t17-;;/m0../s1. The predicted octanol–water partition coefficient (Wildman–Crippen LogP) is 6.10. The second-order valence-corrected chi connectivity index (χ2v) is 6.95. The van der Waals surface area contributed by atoms with E-state index in [2.05, 4.69) is 10.1 Å². The summed E-state index contributed by atoms with van der Waals surface area (Å²) in [6.45, 7) is 2.42. The zero-order valence-corrected chi connectivity index (χ0v) is 18.2. The molecule has 1 fully saturated rings. The first-order chi connectivity index (χ1) is 13.5. The van der Waals surface area contributed by atoms with E-state index in [-0.39, 0.29) is 24.8 Å². The van der Waals surface area contributed by atoms with Gasteiger partial charge < -0.3 is 10.1 Å². The van der Waals surface area contributed by atoms with Crippen molar-refractivity contribution in [3.8, 4) is 5.75 Å². The van der Waals surface area contributed by atoms with E-state index in [1.807, 2.05) is 4.90 Å². The quantitative estimate of drug-likeness (QED) is 0.503. The Morgan fingerprint density at radius 2 is 1.42 bits per heavy atom. The molecule has 0 amide bonds. The Labute approximate surface area is 192 Å². The number of nitrogens with zero attached hydrogens (tertiary/aromatic N) is 1. The van der Waals surface area contributed by atoms with Crippen LogP contribution in [0.4, 0.5) is 26.3 Å². The van der Waals surface area contributed by atoms with Crippen molar-refractivity contribution in [3.05, 3.63) is 64.2 Å². The zero-order valence-electron chi connectivity index (χ0n) is 15.8. The minimum atomic E-state index is -4.82. The molecule has 1 N–H and O–H groups in total. The molecule has 0 spiro atoms. The van der Waals surface area contributed by atoms with Crippen molar-refractivity contribution in [1.82, 2.24) is 10.2 Å². The van der Waals surface area contributed by atoms with Gasteiger partial charge in [-0.05, 0) is 35.4 Å². The Morgan fingerprint density at radius 3 is 1.94 bits per heavy atom. The SMILES string of the molecule is Cl.Cl.FC(F)(F)Oc1ccc([C@@H](c2ccc(Cl)c(C(F)(F)F)c2)N2CCNCC2)cc1. The van der Waals surface area contributed by atoms with Gasteiger partial charge in [0, 0.05) is 26.2 Å². The summed E-state index contributed by atoms with van der Waals surface area (Å²) in [6, 6.07) is 8.27. The lowest BCUT2D eigenvalue weighted by Gasteiger charge is -2.36. The van der Waals surface area contributed by atoms with Gasteiger partial charge in [0.1, 0.15) is 5.75 Å². The molecular formula is C19H19Cl3F6N2O. The number of benzene rings is 2. The van der Waals surface area contributed by atoms with Crippen LogP contribution in [0.2, 0.25) is 5.02 Å². The Morgan fingerprint density at radius 1 is 0.871 bits per heavy atom. The molecule has 174 valence electrons. The van der Waals surface area contributed by atoms with Gasteiger partial charge in [-0.15, -0.1) is 38.0 Å². The molecule has 3 nitrogen and oxygen atoms in total. The van der Waals surface area contributed by atoms with E-state index in [9.17, 15) is 26.3 Å². The number of nitrogens with one attached hydrogen (secondary N) is 1. The van der Waals surface area contributed by atoms with Crippen LogP contribution in [0, 0.1) is 0 Å². The second-order valence-electron chi connectivity index (χ2n) is 6.54. The van der Waals surface area contributed by atoms with Crippen molar-refractivity contribution < 1.29 is 31.1 Å². The lowest BCUT2D eigenvalue weighted by molar-refractivity contribution is -0.274. The van der Waals surface area contributed by atoms with Crippen LogP contribution in [0.15, 0.2) is 42.5 Å². The Bertz CT molecular complexity index is 840. The van der Waals surface area contributed by atoms with E-state index >= 15 is 0 Å². The molecule has 2 aromatic rings. The van der Waals surface area contributed by atoms with Crippen LogP contribution in [0.5, 0.6) is 5.75 Å². The third kappa shape index (κ3) is 7.32. The normalized spacial score (nSPS) is 16.1. The average molecular weight is 512 g/mol. The van der Waals surface area contributed by atoms with Crippen molar-refractivity contribution >= 4 is 36.4 Å². The fourth-order valence-corrected chi connectivity index (χ4v) is 3.56. The summed E-state index contributed by atoms with van der Waals surface area (Å²) in [5.41, 5.74) is -0.0428. The van der Waals surface area contributed by atoms with E-state index in [0.717, 1.165) is 18.2 Å². The van der Waals surface area contributed by atoms with E-state index in [1.54, 1.807) is 0 Å². The van der Waals surface area contributed by atoms with Gasteiger partial charge in [-0.2, -0.15) is 13.2 Å². The molecular weight excluding hydrogens is 493 g/mol. The Hall–Kier alpha value is -1.39. The first kappa shape index (κ1) is 27.6. The van der Waals surface area contributed by atoms with Gasteiger partial charge in [-0.1, -0.05) is 29.8 Å². The molecule has 0 bridgehead atoms. The topological polar surface area (TPSA) is 24.5 Å². The highest BCUT2D eigenvalue weighted by molar-refractivity contribution is 6.31. The van der Waals surface area contributed by atoms with E-state index in [1.165, 1.54) is 24.3 Å². The van der Waals surface area contributed by atoms with Crippen LogP contribution in [-0.4, -0.2) is 37.4 Å². The van der Waals surface area contributed by atoms with Gasteiger partial charge in [-0.3, -0.25) is 4.90 Å². The van der Waals surface area contributed by atoms with Crippen molar-refractivity contribution in [2.45, 2.75) is 18.6 Å². The number of rotatable bonds is 4. The van der Waals surface area contributed by atoms with E-state index in [4.69, 9.17) is 11.6 Å².